The van der Waals surface area contributed by atoms with Crippen molar-refractivity contribution >= 4 is 6.09 Å². The highest BCUT2D eigenvalue weighted by Crippen LogP contribution is 2.47. The third-order valence-corrected chi connectivity index (χ3v) is 7.08. The van der Waals surface area contributed by atoms with E-state index in [1.165, 1.54) is 24.0 Å². The average molecular weight is 470 g/mol. The molecule has 2 aliphatic carbocycles. The zero-order valence-electron chi connectivity index (χ0n) is 19.3. The Morgan fingerprint density at radius 2 is 1.54 bits per heavy atom. The number of carboxylic acid groups (broad SMARTS) is 1. The highest BCUT2D eigenvalue weighted by Gasteiger charge is 2.37. The Bertz CT molecular complexity index is 1210. The predicted octanol–water partition coefficient (Wildman–Crippen LogP) is 5.78. The fourth-order valence-corrected chi connectivity index (χ4v) is 5.21. The number of hydrogen-bond acceptors (Lipinski definition) is 5. The summed E-state index contributed by atoms with van der Waals surface area (Å²) in [4.78, 5) is 14.8. The molecule has 0 aliphatic heterocycles. The first-order valence-electron chi connectivity index (χ1n) is 12.0. The molecule has 1 amide bonds. The molecular formula is C28H27N3O4. The van der Waals surface area contributed by atoms with Crippen LogP contribution in [0.15, 0.2) is 66.9 Å². The van der Waals surface area contributed by atoms with Gasteiger partial charge in [0.05, 0.1) is 6.20 Å². The highest BCUT2D eigenvalue weighted by atomic mass is 16.5. The first kappa shape index (κ1) is 22.7. The van der Waals surface area contributed by atoms with Gasteiger partial charge >= 0.3 is 6.09 Å². The van der Waals surface area contributed by atoms with Gasteiger partial charge in [0.1, 0.15) is 35.1 Å². The van der Waals surface area contributed by atoms with Crippen molar-refractivity contribution in [1.29, 1.82) is 5.26 Å². The second kappa shape index (κ2) is 9.67. The van der Waals surface area contributed by atoms with Gasteiger partial charge in [-0.25, -0.2) is 9.78 Å². The molecule has 0 bridgehead atoms. The number of aromatic nitrogens is 1. The van der Waals surface area contributed by atoms with Crippen LogP contribution in [0.25, 0.3) is 0 Å². The summed E-state index contributed by atoms with van der Waals surface area (Å²) in [6.07, 6.45) is 6.59. The molecule has 3 aromatic rings. The maximum atomic E-state index is 10.7. The molecule has 7 heteroatoms. The number of carbonyl (C=O) groups is 1. The number of ether oxygens (including phenoxy) is 2. The number of rotatable bonds is 7. The molecule has 2 N–H and O–H groups in total. The van der Waals surface area contributed by atoms with Crippen LogP contribution < -0.4 is 14.8 Å². The lowest BCUT2D eigenvalue weighted by atomic mass is 9.73. The van der Waals surface area contributed by atoms with Gasteiger partial charge in [-0.05, 0) is 60.4 Å². The van der Waals surface area contributed by atoms with Crippen molar-refractivity contribution < 1.29 is 19.4 Å². The number of nitrogens with zero attached hydrogens (tertiary/aromatic N) is 2. The molecule has 5 rings (SSSR count). The van der Waals surface area contributed by atoms with Gasteiger partial charge in [-0.15, -0.1) is 0 Å². The molecule has 1 aromatic heterocycles. The van der Waals surface area contributed by atoms with Crippen molar-refractivity contribution in [3.05, 3.63) is 83.7 Å². The lowest BCUT2D eigenvalue weighted by Gasteiger charge is -2.35. The van der Waals surface area contributed by atoms with Crippen molar-refractivity contribution in [1.82, 2.24) is 10.3 Å². The zero-order chi connectivity index (χ0) is 24.3. The van der Waals surface area contributed by atoms with Crippen LogP contribution >= 0.6 is 0 Å². The maximum Gasteiger partial charge on any atom is 0.404 e. The summed E-state index contributed by atoms with van der Waals surface area (Å²) in [6, 6.07) is 22.0. The minimum Gasteiger partial charge on any atom is -0.490 e. The summed E-state index contributed by atoms with van der Waals surface area (Å²) < 4.78 is 11.9. The molecule has 0 radical (unpaired) electrons. The van der Waals surface area contributed by atoms with E-state index in [0.717, 1.165) is 24.3 Å². The van der Waals surface area contributed by atoms with Crippen molar-refractivity contribution in [3.63, 3.8) is 0 Å². The summed E-state index contributed by atoms with van der Waals surface area (Å²) in [6.45, 7) is 0. The lowest BCUT2D eigenvalue weighted by Crippen LogP contribution is -2.48. The lowest BCUT2D eigenvalue weighted by molar-refractivity contribution is 0.0833. The smallest absolute Gasteiger partial charge is 0.404 e. The molecule has 2 saturated carbocycles. The largest absolute Gasteiger partial charge is 0.490 e. The Kier molecular flexibility index (Phi) is 6.28. The van der Waals surface area contributed by atoms with E-state index in [4.69, 9.17) is 19.8 Å². The molecule has 7 nitrogen and oxygen atoms in total. The molecule has 178 valence electrons. The molecule has 35 heavy (non-hydrogen) atoms. The standard InChI is InChI=1S/C28H27N3O4/c29-17-21-7-12-25(18-30-21)34-23-8-3-19(4-9-23)28(13-1-2-14-28)20-5-10-24(11-6-20)35-26-15-22(16-26)31-27(32)33/h3-12,18,22,26,31H,1-2,13-16H2,(H,32,33)/t22-,26-. The number of benzene rings is 2. The fourth-order valence-electron chi connectivity index (χ4n) is 5.21. The van der Waals surface area contributed by atoms with Crippen molar-refractivity contribution in [2.45, 2.75) is 56.1 Å². The summed E-state index contributed by atoms with van der Waals surface area (Å²) in [7, 11) is 0. The molecule has 2 fully saturated rings. The minimum atomic E-state index is -0.981. The number of nitrogens with one attached hydrogen (secondary N) is 1. The van der Waals surface area contributed by atoms with E-state index in [2.05, 4.69) is 34.6 Å². The van der Waals surface area contributed by atoms with E-state index in [-0.39, 0.29) is 17.6 Å². The van der Waals surface area contributed by atoms with Gasteiger partial charge in [-0.2, -0.15) is 5.26 Å². The van der Waals surface area contributed by atoms with Gasteiger partial charge in [-0.1, -0.05) is 37.1 Å². The first-order valence-corrected chi connectivity index (χ1v) is 12.0. The van der Waals surface area contributed by atoms with Gasteiger partial charge in [0.15, 0.2) is 0 Å². The van der Waals surface area contributed by atoms with Crippen LogP contribution in [0.1, 0.15) is 55.3 Å². The summed E-state index contributed by atoms with van der Waals surface area (Å²) in [5.74, 6) is 2.15. The summed E-state index contributed by atoms with van der Waals surface area (Å²) >= 11 is 0. The zero-order valence-corrected chi connectivity index (χ0v) is 19.3. The van der Waals surface area contributed by atoms with E-state index < -0.39 is 6.09 Å². The van der Waals surface area contributed by atoms with E-state index in [0.29, 0.717) is 24.3 Å². The Balaban J connectivity index is 1.27. The van der Waals surface area contributed by atoms with Crippen LogP contribution in [0.3, 0.4) is 0 Å². The van der Waals surface area contributed by atoms with Crippen LogP contribution in [0.5, 0.6) is 17.2 Å². The number of hydrogen-bond donors (Lipinski definition) is 2. The normalized spacial score (nSPS) is 20.3. The van der Waals surface area contributed by atoms with E-state index in [1.807, 2.05) is 30.3 Å². The van der Waals surface area contributed by atoms with Crippen LogP contribution in [0.4, 0.5) is 4.79 Å². The van der Waals surface area contributed by atoms with Crippen molar-refractivity contribution in [2.24, 2.45) is 0 Å². The highest BCUT2D eigenvalue weighted by molar-refractivity contribution is 5.65. The molecule has 1 heterocycles. The molecule has 0 unspecified atom stereocenters. The van der Waals surface area contributed by atoms with Crippen LogP contribution in [0.2, 0.25) is 0 Å². The van der Waals surface area contributed by atoms with Crippen LogP contribution in [-0.2, 0) is 5.41 Å². The third-order valence-electron chi connectivity index (χ3n) is 7.08. The monoisotopic (exact) mass is 469 g/mol. The van der Waals surface area contributed by atoms with E-state index in [1.54, 1.807) is 18.3 Å². The quantitative estimate of drug-likeness (QED) is 0.454. The molecule has 2 aromatic carbocycles. The first-order chi connectivity index (χ1) is 17.0. The SMILES string of the molecule is N#Cc1ccc(Oc2ccc(C3(c4ccc(O[C@H]5C[C@H](NC(=O)O)C5)cc4)CCCC3)cc2)cn1. The summed E-state index contributed by atoms with van der Waals surface area (Å²) in [5, 5.41) is 20.2. The third kappa shape index (κ3) is 4.92. The van der Waals surface area contributed by atoms with Crippen molar-refractivity contribution in [2.75, 3.05) is 0 Å². The van der Waals surface area contributed by atoms with Gasteiger partial charge < -0.3 is 19.9 Å². The number of amides is 1. The van der Waals surface area contributed by atoms with E-state index >= 15 is 0 Å². The molecule has 0 spiro atoms. The Hall–Kier alpha value is -4.05. The van der Waals surface area contributed by atoms with E-state index in [9.17, 15) is 4.79 Å². The van der Waals surface area contributed by atoms with Crippen LogP contribution in [-0.4, -0.2) is 28.3 Å². The second-order valence-corrected chi connectivity index (χ2v) is 9.29. The van der Waals surface area contributed by atoms with Gasteiger partial charge in [-0.3, -0.25) is 0 Å². The number of pyridine rings is 1. The molecular weight excluding hydrogens is 442 g/mol. The Morgan fingerprint density at radius 1 is 0.943 bits per heavy atom. The predicted molar refractivity (Wildman–Crippen MR) is 130 cm³/mol. The Morgan fingerprint density at radius 3 is 2.09 bits per heavy atom. The maximum absolute atomic E-state index is 10.7. The topological polar surface area (TPSA) is 104 Å². The summed E-state index contributed by atoms with van der Waals surface area (Å²) in [5.41, 5.74) is 2.89. The van der Waals surface area contributed by atoms with Gasteiger partial charge in [0, 0.05) is 24.3 Å². The average Bonchev–Trinajstić information content (AvgIpc) is 3.35. The van der Waals surface area contributed by atoms with Gasteiger partial charge in [0.2, 0.25) is 0 Å². The van der Waals surface area contributed by atoms with Crippen LogP contribution in [0, 0.1) is 11.3 Å². The Labute approximate surface area is 204 Å². The number of nitriles is 1. The second-order valence-electron chi connectivity index (χ2n) is 9.29. The molecule has 2 aliphatic rings. The molecule has 0 saturated heterocycles. The van der Waals surface area contributed by atoms with Crippen molar-refractivity contribution in [3.8, 4) is 23.3 Å². The minimum absolute atomic E-state index is 0.0151. The fraction of sp³-hybridized carbons (Fsp3) is 0.321. The van der Waals surface area contributed by atoms with Gasteiger partial charge in [0.25, 0.3) is 0 Å². The molecule has 0 atom stereocenters.